The van der Waals surface area contributed by atoms with Gasteiger partial charge in [-0.3, -0.25) is 4.79 Å². The second-order valence-electron chi connectivity index (χ2n) is 4.49. The number of nitrogens with zero attached hydrogens (tertiary/aromatic N) is 1. The molecule has 5 heteroatoms. The summed E-state index contributed by atoms with van der Waals surface area (Å²) in [4.78, 5) is 19.4. The predicted molar refractivity (Wildman–Crippen MR) is 90.1 cm³/mol. The van der Waals surface area contributed by atoms with Crippen molar-refractivity contribution in [2.75, 3.05) is 0 Å². The molecule has 0 saturated heterocycles. The smallest absolute Gasteiger partial charge is 0.265 e. The van der Waals surface area contributed by atoms with Gasteiger partial charge in [-0.05, 0) is 46.9 Å². The molecule has 0 aliphatic rings. The molecule has 3 aromatic rings. The molecule has 1 aromatic heterocycles. The van der Waals surface area contributed by atoms with E-state index in [1.807, 2.05) is 52.9 Å². The number of phenols is 1. The van der Waals surface area contributed by atoms with Crippen molar-refractivity contribution in [2.45, 2.75) is 0 Å². The van der Waals surface area contributed by atoms with Gasteiger partial charge in [-0.25, -0.2) is 4.98 Å². The molecular weight excluding hydrogens is 379 g/mol. The molecule has 0 unspecified atom stereocenters. The normalized spacial score (nSPS) is 10.5. The van der Waals surface area contributed by atoms with E-state index < -0.39 is 0 Å². The highest BCUT2D eigenvalue weighted by molar-refractivity contribution is 14.1. The first kappa shape index (κ1) is 13.8. The molecule has 0 radical (unpaired) electrons. The van der Waals surface area contributed by atoms with Crippen molar-refractivity contribution in [1.82, 2.24) is 9.97 Å². The molecule has 104 valence electrons. The van der Waals surface area contributed by atoms with Crippen LogP contribution in [0.5, 0.6) is 5.75 Å². The number of hydrogen-bond donors (Lipinski definition) is 2. The predicted octanol–water partition coefficient (Wildman–Crippen LogP) is 3.41. The first-order valence-electron chi connectivity index (χ1n) is 6.30. The summed E-state index contributed by atoms with van der Waals surface area (Å²) in [6, 6.07) is 16.2. The van der Waals surface area contributed by atoms with Crippen molar-refractivity contribution < 1.29 is 5.11 Å². The molecule has 21 heavy (non-hydrogen) atoms. The summed E-state index contributed by atoms with van der Waals surface area (Å²) >= 11 is 2.00. The molecular formula is C16H11IN2O2. The summed E-state index contributed by atoms with van der Waals surface area (Å²) in [7, 11) is 0. The molecule has 2 aromatic carbocycles. The number of nitrogens with one attached hydrogen (secondary N) is 1. The maximum Gasteiger partial charge on any atom is 0.265 e. The van der Waals surface area contributed by atoms with E-state index in [0.29, 0.717) is 15.1 Å². The van der Waals surface area contributed by atoms with Crippen molar-refractivity contribution in [3.63, 3.8) is 0 Å². The van der Waals surface area contributed by atoms with E-state index in [1.54, 1.807) is 24.3 Å². The maximum absolute atomic E-state index is 12.1. The fraction of sp³-hybridized carbons (Fsp3) is 0. The van der Waals surface area contributed by atoms with Crippen LogP contribution >= 0.6 is 22.6 Å². The minimum absolute atomic E-state index is 0.174. The van der Waals surface area contributed by atoms with E-state index in [-0.39, 0.29) is 11.3 Å². The number of phenolic OH excluding ortho intramolecular Hbond substituents is 1. The number of H-pyrrole nitrogens is 1. The van der Waals surface area contributed by atoms with E-state index in [1.165, 1.54) is 0 Å². The Labute approximate surface area is 134 Å². The van der Waals surface area contributed by atoms with Crippen molar-refractivity contribution in [3.05, 3.63) is 68.5 Å². The Bertz CT molecular complexity index is 827. The van der Waals surface area contributed by atoms with Crippen molar-refractivity contribution in [3.8, 4) is 28.4 Å². The van der Waals surface area contributed by atoms with Crippen LogP contribution in [0.2, 0.25) is 0 Å². The summed E-state index contributed by atoms with van der Waals surface area (Å²) in [5, 5.41) is 9.34. The molecule has 0 aliphatic heterocycles. The number of benzene rings is 2. The molecule has 0 fully saturated rings. The number of aromatic hydroxyl groups is 1. The molecule has 0 amide bonds. The Kier molecular flexibility index (Phi) is 3.74. The van der Waals surface area contributed by atoms with Gasteiger partial charge in [-0.15, -0.1) is 0 Å². The average Bonchev–Trinajstić information content (AvgIpc) is 2.51. The van der Waals surface area contributed by atoms with Crippen LogP contribution in [-0.2, 0) is 0 Å². The topological polar surface area (TPSA) is 66.0 Å². The van der Waals surface area contributed by atoms with Gasteiger partial charge in [0.2, 0.25) is 0 Å². The highest BCUT2D eigenvalue weighted by Gasteiger charge is 2.11. The van der Waals surface area contributed by atoms with Crippen molar-refractivity contribution in [1.29, 1.82) is 0 Å². The van der Waals surface area contributed by atoms with Gasteiger partial charge in [-0.2, -0.15) is 0 Å². The van der Waals surface area contributed by atoms with Crippen LogP contribution in [0.1, 0.15) is 0 Å². The van der Waals surface area contributed by atoms with Gasteiger partial charge in [0, 0.05) is 11.1 Å². The van der Waals surface area contributed by atoms with Gasteiger partial charge in [0.15, 0.2) is 0 Å². The van der Waals surface area contributed by atoms with Gasteiger partial charge < -0.3 is 10.1 Å². The van der Waals surface area contributed by atoms with Crippen LogP contribution < -0.4 is 5.56 Å². The molecule has 0 spiro atoms. The van der Waals surface area contributed by atoms with Crippen LogP contribution in [0.3, 0.4) is 0 Å². The first-order valence-corrected chi connectivity index (χ1v) is 7.37. The van der Waals surface area contributed by atoms with Gasteiger partial charge in [0.05, 0.1) is 5.69 Å². The molecule has 2 N–H and O–H groups in total. The van der Waals surface area contributed by atoms with Crippen molar-refractivity contribution in [2.24, 2.45) is 0 Å². The average molecular weight is 390 g/mol. The third kappa shape index (κ3) is 2.82. The molecule has 4 nitrogen and oxygen atoms in total. The maximum atomic E-state index is 12.1. The van der Waals surface area contributed by atoms with Crippen LogP contribution in [0, 0.1) is 3.57 Å². The summed E-state index contributed by atoms with van der Waals surface area (Å²) in [5.41, 5.74) is 2.13. The quantitative estimate of drug-likeness (QED) is 0.660. The van der Waals surface area contributed by atoms with E-state index in [4.69, 9.17) is 0 Å². The lowest BCUT2D eigenvalue weighted by Crippen LogP contribution is -2.14. The Hall–Kier alpha value is -2.15. The zero-order valence-electron chi connectivity index (χ0n) is 10.9. The fourth-order valence-electron chi connectivity index (χ4n) is 2.00. The Morgan fingerprint density at radius 1 is 0.952 bits per heavy atom. The number of rotatable bonds is 2. The van der Waals surface area contributed by atoms with Crippen LogP contribution in [0.4, 0.5) is 0 Å². The number of aromatic nitrogens is 2. The Balaban J connectivity index is 2.19. The SMILES string of the molecule is O=c1[nH]c(-c2ccc(O)cc2)nc(-c2ccccc2)c1I. The molecule has 0 saturated carbocycles. The second kappa shape index (κ2) is 5.69. The number of hydrogen-bond acceptors (Lipinski definition) is 3. The summed E-state index contributed by atoms with van der Waals surface area (Å²) in [6.45, 7) is 0. The van der Waals surface area contributed by atoms with E-state index in [0.717, 1.165) is 11.1 Å². The van der Waals surface area contributed by atoms with Gasteiger partial charge in [-0.1, -0.05) is 30.3 Å². The van der Waals surface area contributed by atoms with Crippen LogP contribution in [0.25, 0.3) is 22.6 Å². The largest absolute Gasteiger partial charge is 0.508 e. The zero-order valence-corrected chi connectivity index (χ0v) is 13.0. The third-order valence-corrected chi connectivity index (χ3v) is 4.05. The standard InChI is InChI=1S/C16H11IN2O2/c17-13-14(10-4-2-1-3-5-10)18-15(19-16(13)21)11-6-8-12(20)9-7-11/h1-9,20H,(H,18,19,21). The first-order chi connectivity index (χ1) is 10.1. The Morgan fingerprint density at radius 2 is 1.62 bits per heavy atom. The molecule has 0 aliphatic carbocycles. The van der Waals surface area contributed by atoms with Crippen molar-refractivity contribution >= 4 is 22.6 Å². The van der Waals surface area contributed by atoms with E-state index in [9.17, 15) is 9.90 Å². The summed E-state index contributed by atoms with van der Waals surface area (Å²) in [5.74, 6) is 0.661. The van der Waals surface area contributed by atoms with E-state index >= 15 is 0 Å². The van der Waals surface area contributed by atoms with Crippen LogP contribution in [0.15, 0.2) is 59.4 Å². The fourth-order valence-corrected chi connectivity index (χ4v) is 2.57. The van der Waals surface area contributed by atoms with E-state index in [2.05, 4.69) is 9.97 Å². The van der Waals surface area contributed by atoms with Gasteiger partial charge >= 0.3 is 0 Å². The van der Waals surface area contributed by atoms with Gasteiger partial charge in [0.25, 0.3) is 5.56 Å². The summed E-state index contributed by atoms with van der Waals surface area (Å²) < 4.78 is 0.557. The lowest BCUT2D eigenvalue weighted by molar-refractivity contribution is 0.475. The lowest BCUT2D eigenvalue weighted by atomic mass is 10.1. The molecule has 0 bridgehead atoms. The lowest BCUT2D eigenvalue weighted by Gasteiger charge is -2.07. The zero-order chi connectivity index (χ0) is 14.8. The molecule has 3 rings (SSSR count). The van der Waals surface area contributed by atoms with Gasteiger partial charge in [0.1, 0.15) is 15.1 Å². The third-order valence-electron chi connectivity index (χ3n) is 3.05. The highest BCUT2D eigenvalue weighted by Crippen LogP contribution is 2.24. The molecule has 0 atom stereocenters. The summed E-state index contributed by atoms with van der Waals surface area (Å²) in [6.07, 6.45) is 0. The monoisotopic (exact) mass is 390 g/mol. The second-order valence-corrected chi connectivity index (χ2v) is 5.57. The highest BCUT2D eigenvalue weighted by atomic mass is 127. The number of aromatic amines is 1. The minimum Gasteiger partial charge on any atom is -0.508 e. The Morgan fingerprint density at radius 3 is 2.29 bits per heavy atom. The minimum atomic E-state index is -0.174. The van der Waals surface area contributed by atoms with Crippen LogP contribution in [-0.4, -0.2) is 15.1 Å². The molecule has 1 heterocycles. The number of halogens is 1.